The third-order valence-electron chi connectivity index (χ3n) is 4.94. The van der Waals surface area contributed by atoms with E-state index in [1.165, 1.54) is 5.01 Å². The van der Waals surface area contributed by atoms with Crippen molar-refractivity contribution in [2.45, 2.75) is 58.9 Å². The van der Waals surface area contributed by atoms with Crippen LogP contribution in [0.15, 0.2) is 35.4 Å². The lowest BCUT2D eigenvalue weighted by molar-refractivity contribution is -0.144. The monoisotopic (exact) mass is 498 g/mol. The number of nitrogens with one attached hydrogen (secondary N) is 3. The van der Waals surface area contributed by atoms with Crippen LogP contribution < -0.4 is 15.5 Å². The Labute approximate surface area is 201 Å². The highest BCUT2D eigenvalue weighted by molar-refractivity contribution is 8.15. The Hall–Kier alpha value is -1.83. The van der Waals surface area contributed by atoms with Crippen molar-refractivity contribution in [2.75, 3.05) is 6.54 Å². The van der Waals surface area contributed by atoms with Crippen LogP contribution in [-0.4, -0.2) is 48.5 Å². The maximum atomic E-state index is 13.6. The lowest BCUT2D eigenvalue weighted by Gasteiger charge is -2.44. The topological polar surface area (TPSA) is 146 Å². The fourth-order valence-corrected chi connectivity index (χ4v) is 5.10. The van der Waals surface area contributed by atoms with Gasteiger partial charge in [-0.3, -0.25) is 13.8 Å². The van der Waals surface area contributed by atoms with Gasteiger partial charge >= 0.3 is 0 Å². The van der Waals surface area contributed by atoms with Gasteiger partial charge in [0, 0.05) is 28.6 Å². The third kappa shape index (κ3) is 6.40. The molecule has 12 heteroatoms. The maximum absolute atomic E-state index is 13.6. The molecule has 0 saturated carbocycles. The number of amidine groups is 1. The summed E-state index contributed by atoms with van der Waals surface area (Å²) in [4.78, 5) is 24.9. The first-order valence-electron chi connectivity index (χ1n) is 10.4. The highest BCUT2D eigenvalue weighted by Crippen LogP contribution is 2.50. The molecule has 4 N–H and O–H groups in total. The molecule has 1 aromatic carbocycles. The van der Waals surface area contributed by atoms with E-state index in [9.17, 15) is 23.6 Å². The van der Waals surface area contributed by atoms with Crippen LogP contribution in [0.4, 0.5) is 0 Å². The number of thioether (sulfide) groups is 1. The van der Waals surface area contributed by atoms with Crippen molar-refractivity contribution < 1.29 is 23.6 Å². The summed E-state index contributed by atoms with van der Waals surface area (Å²) in [5.74, 6) is -0.658. The van der Waals surface area contributed by atoms with Crippen LogP contribution in [0.5, 0.6) is 0 Å². The van der Waals surface area contributed by atoms with E-state index in [-0.39, 0.29) is 29.9 Å². The van der Waals surface area contributed by atoms with E-state index >= 15 is 0 Å². The predicted molar refractivity (Wildman–Crippen MR) is 127 cm³/mol. The summed E-state index contributed by atoms with van der Waals surface area (Å²) < 4.78 is 26.0. The Kier molecular flexibility index (Phi) is 8.82. The highest BCUT2D eigenvalue weighted by Gasteiger charge is 2.55. The molecule has 0 saturated heterocycles. The second-order valence-corrected chi connectivity index (χ2v) is 11.7. The van der Waals surface area contributed by atoms with Crippen molar-refractivity contribution in [3.05, 3.63) is 35.9 Å². The van der Waals surface area contributed by atoms with Crippen LogP contribution in [-0.2, 0) is 25.7 Å². The van der Waals surface area contributed by atoms with Gasteiger partial charge in [0.1, 0.15) is 0 Å². The number of nitrogens with zero attached hydrogens (tertiary/aromatic N) is 2. The first kappa shape index (κ1) is 27.4. The Morgan fingerprint density at radius 2 is 1.79 bits per heavy atom. The van der Waals surface area contributed by atoms with Gasteiger partial charge in [-0.05, 0) is 23.7 Å². The van der Waals surface area contributed by atoms with Gasteiger partial charge in [-0.1, -0.05) is 71.9 Å². The highest BCUT2D eigenvalue weighted by atomic mass is 32.2. The lowest BCUT2D eigenvalue weighted by atomic mass is 9.90. The molecular formula is C21H32N5O5S2-. The third-order valence-corrected chi connectivity index (χ3v) is 6.79. The van der Waals surface area contributed by atoms with Crippen molar-refractivity contribution in [3.8, 4) is 0 Å². The number of hydroxylamine groups is 1. The van der Waals surface area contributed by atoms with Gasteiger partial charge in [-0.15, -0.1) is 5.10 Å². The number of carbonyl (C=O) groups is 2. The SMILES string of the molecule is CC(C)(C)C(=O)NC1=NN(C(=O)C(C)(C)C)C(c2ccccc2)(C(CCNO)NS(=O)[O-])S1. The molecule has 0 radical (unpaired) electrons. The van der Waals surface area contributed by atoms with Gasteiger partial charge in [0.05, 0.1) is 6.04 Å². The quantitative estimate of drug-likeness (QED) is 0.332. The van der Waals surface area contributed by atoms with E-state index in [0.29, 0.717) is 5.56 Å². The summed E-state index contributed by atoms with van der Waals surface area (Å²) in [5.41, 5.74) is 1.08. The standard InChI is InChI=1S/C21H33N5O5S2/c1-19(2,3)16(27)23-18-24-26(17(28)20(4,5)6)21(32-18,14-10-8-7-9-11-14)15(12-13-22-29)25-33(30)31/h7-11,15,22,25,29H,12-13H2,1-6H3,(H,30,31)(H,23,24,27)/p-1. The smallest absolute Gasteiger partial charge is 0.249 e. The van der Waals surface area contributed by atoms with Crippen molar-refractivity contribution in [2.24, 2.45) is 15.9 Å². The van der Waals surface area contributed by atoms with E-state index in [1.54, 1.807) is 71.9 Å². The molecule has 0 bridgehead atoms. The normalized spacial score (nSPS) is 20.8. The minimum absolute atomic E-state index is 0.0469. The first-order chi connectivity index (χ1) is 15.2. The molecule has 1 aliphatic heterocycles. The number of benzene rings is 1. The molecule has 1 aliphatic rings. The van der Waals surface area contributed by atoms with Crippen molar-refractivity contribution in [3.63, 3.8) is 0 Å². The summed E-state index contributed by atoms with van der Waals surface area (Å²) in [6, 6.07) is 8.00. The van der Waals surface area contributed by atoms with Crippen molar-refractivity contribution in [1.82, 2.24) is 20.5 Å². The number of carbonyl (C=O) groups excluding carboxylic acids is 2. The Morgan fingerprint density at radius 1 is 1.18 bits per heavy atom. The first-order valence-corrected chi connectivity index (χ1v) is 12.3. The van der Waals surface area contributed by atoms with Gasteiger partial charge in [0.2, 0.25) is 11.8 Å². The van der Waals surface area contributed by atoms with Crippen LogP contribution in [0, 0.1) is 10.8 Å². The maximum Gasteiger partial charge on any atom is 0.249 e. The molecule has 2 rings (SSSR count). The molecule has 0 spiro atoms. The van der Waals surface area contributed by atoms with E-state index in [2.05, 4.69) is 15.1 Å². The van der Waals surface area contributed by atoms with Crippen molar-refractivity contribution >= 4 is 40.0 Å². The zero-order valence-electron chi connectivity index (χ0n) is 19.7. The van der Waals surface area contributed by atoms with Gasteiger partial charge in [-0.25, -0.2) is 15.2 Å². The summed E-state index contributed by atoms with van der Waals surface area (Å²) in [7, 11) is 0. The fraction of sp³-hybridized carbons (Fsp3) is 0.571. The summed E-state index contributed by atoms with van der Waals surface area (Å²) >= 11 is -1.59. The molecule has 1 aromatic rings. The number of rotatable bonds is 7. The molecule has 0 aromatic heterocycles. The van der Waals surface area contributed by atoms with E-state index in [4.69, 9.17) is 0 Å². The van der Waals surface area contributed by atoms with Crippen LogP contribution in [0.25, 0.3) is 0 Å². The Balaban J connectivity index is 2.71. The van der Waals surface area contributed by atoms with Crippen LogP contribution in [0.1, 0.15) is 53.5 Å². The van der Waals surface area contributed by atoms with Crippen LogP contribution >= 0.6 is 11.8 Å². The largest absolute Gasteiger partial charge is 0.760 e. The van der Waals surface area contributed by atoms with Gasteiger partial charge in [-0.2, -0.15) is 0 Å². The van der Waals surface area contributed by atoms with Gasteiger partial charge < -0.3 is 15.1 Å². The molecule has 2 amide bonds. The van der Waals surface area contributed by atoms with Gasteiger partial charge in [0.15, 0.2) is 10.0 Å². The molecule has 1 heterocycles. The van der Waals surface area contributed by atoms with Crippen molar-refractivity contribution in [1.29, 1.82) is 0 Å². The molecule has 0 aliphatic carbocycles. The molecule has 0 fully saturated rings. The van der Waals surface area contributed by atoms with Crippen LogP contribution in [0.3, 0.4) is 0 Å². The van der Waals surface area contributed by atoms with E-state index in [0.717, 1.165) is 11.8 Å². The predicted octanol–water partition coefficient (Wildman–Crippen LogP) is 2.02. The summed E-state index contributed by atoms with van der Waals surface area (Å²) in [5, 5.41) is 17.9. The number of hydrogen-bond donors (Lipinski definition) is 4. The van der Waals surface area contributed by atoms with E-state index < -0.39 is 33.0 Å². The second kappa shape index (κ2) is 10.6. The summed E-state index contributed by atoms with van der Waals surface area (Å²) in [6.07, 6.45) is 0.121. The number of hydrazone groups is 1. The average Bonchev–Trinajstić information content (AvgIpc) is 3.09. The minimum atomic E-state index is -2.68. The zero-order chi connectivity index (χ0) is 25.0. The number of hydrogen-bond acceptors (Lipinski definition) is 8. The lowest BCUT2D eigenvalue weighted by Crippen LogP contribution is -2.58. The fourth-order valence-electron chi connectivity index (χ4n) is 3.16. The zero-order valence-corrected chi connectivity index (χ0v) is 21.3. The molecule has 3 atom stereocenters. The number of amides is 2. The average molecular weight is 499 g/mol. The summed E-state index contributed by atoms with van der Waals surface area (Å²) in [6.45, 7) is 10.5. The van der Waals surface area contributed by atoms with E-state index in [1.807, 2.05) is 5.48 Å². The van der Waals surface area contributed by atoms with Crippen LogP contribution in [0.2, 0.25) is 0 Å². The Bertz CT molecular complexity index is 914. The molecule has 3 unspecified atom stereocenters. The molecule has 33 heavy (non-hydrogen) atoms. The minimum Gasteiger partial charge on any atom is -0.760 e. The van der Waals surface area contributed by atoms with Gasteiger partial charge in [0.25, 0.3) is 0 Å². The molecule has 184 valence electrons. The Morgan fingerprint density at radius 3 is 2.27 bits per heavy atom. The molecular weight excluding hydrogens is 466 g/mol. The second-order valence-electron chi connectivity index (χ2n) is 9.74. The molecule has 10 nitrogen and oxygen atoms in total.